The summed E-state index contributed by atoms with van der Waals surface area (Å²) in [6.45, 7) is 3.13. The van der Waals surface area contributed by atoms with Crippen LogP contribution in [0.3, 0.4) is 0 Å². The fourth-order valence-electron chi connectivity index (χ4n) is 3.50. The zero-order valence-electron chi connectivity index (χ0n) is 16.7. The summed E-state index contributed by atoms with van der Waals surface area (Å²) in [6, 6.07) is 11.0. The quantitative estimate of drug-likeness (QED) is 0.704. The van der Waals surface area contributed by atoms with E-state index in [0.29, 0.717) is 13.2 Å². The van der Waals surface area contributed by atoms with E-state index in [0.717, 1.165) is 17.4 Å². The van der Waals surface area contributed by atoms with Crippen molar-refractivity contribution in [3.63, 3.8) is 0 Å². The van der Waals surface area contributed by atoms with E-state index in [4.69, 9.17) is 0 Å². The number of sulfonamides is 1. The van der Waals surface area contributed by atoms with E-state index >= 15 is 0 Å². The predicted molar refractivity (Wildman–Crippen MR) is 111 cm³/mol. The van der Waals surface area contributed by atoms with E-state index in [-0.39, 0.29) is 10.5 Å². The van der Waals surface area contributed by atoms with Gasteiger partial charge in [-0.2, -0.15) is 0 Å². The third-order valence-corrected chi connectivity index (χ3v) is 6.81. The smallest absolute Gasteiger partial charge is 0.251 e. The minimum Gasteiger partial charge on any atom is -0.371 e. The average Bonchev–Trinajstić information content (AvgIpc) is 3.18. The first-order valence-electron chi connectivity index (χ1n) is 9.43. The molecule has 3 rings (SSSR count). The van der Waals surface area contributed by atoms with Crippen molar-refractivity contribution in [2.45, 2.75) is 31.0 Å². The van der Waals surface area contributed by atoms with Crippen LogP contribution in [-0.4, -0.2) is 56.4 Å². The van der Waals surface area contributed by atoms with Crippen LogP contribution >= 0.6 is 0 Å². The van der Waals surface area contributed by atoms with Gasteiger partial charge in [-0.3, -0.25) is 9.69 Å². The largest absolute Gasteiger partial charge is 0.371 e. The highest BCUT2D eigenvalue weighted by molar-refractivity contribution is 7.89. The molecule has 28 heavy (non-hydrogen) atoms. The van der Waals surface area contributed by atoms with Crippen LogP contribution in [-0.2, 0) is 23.2 Å². The van der Waals surface area contributed by atoms with Gasteiger partial charge in [-0.15, -0.1) is 0 Å². The summed E-state index contributed by atoms with van der Waals surface area (Å²) < 4.78 is 27.3. The summed E-state index contributed by atoms with van der Waals surface area (Å²) in [5.41, 5.74) is 2.22. The molecule has 2 heterocycles. The Bertz CT molecular complexity index is 979. The maximum absolute atomic E-state index is 12.4. The van der Waals surface area contributed by atoms with E-state index in [1.54, 1.807) is 0 Å². The standard InChI is InChI=1S/C20H28N4O3S/c1-21(2)28(26,27)18-10-11-20(25)24(15-18)16-22(3)14-17-8-4-5-9-19(17)23-12-6-7-13-23/h4-5,8-11,15H,6-7,12-14,16H2,1-3H3. The van der Waals surface area contributed by atoms with Crippen LogP contribution < -0.4 is 10.5 Å². The lowest BCUT2D eigenvalue weighted by Crippen LogP contribution is -2.31. The molecule has 1 aliphatic rings. The number of pyridine rings is 1. The lowest BCUT2D eigenvalue weighted by Gasteiger charge is -2.25. The van der Waals surface area contributed by atoms with Crippen molar-refractivity contribution in [2.75, 3.05) is 39.1 Å². The molecule has 0 unspecified atom stereocenters. The van der Waals surface area contributed by atoms with E-state index < -0.39 is 10.0 Å². The second kappa shape index (κ2) is 8.46. The van der Waals surface area contributed by atoms with Crippen LogP contribution in [0.15, 0.2) is 52.3 Å². The number of hydrogen-bond acceptors (Lipinski definition) is 5. The summed E-state index contributed by atoms with van der Waals surface area (Å²) in [6.07, 6.45) is 3.85. The van der Waals surface area contributed by atoms with Gasteiger partial charge >= 0.3 is 0 Å². The molecule has 1 aliphatic heterocycles. The van der Waals surface area contributed by atoms with E-state index in [1.165, 1.54) is 61.1 Å². The topological polar surface area (TPSA) is 65.9 Å². The molecular formula is C20H28N4O3S. The Balaban J connectivity index is 1.79. The van der Waals surface area contributed by atoms with E-state index in [1.807, 2.05) is 18.0 Å². The first-order chi connectivity index (χ1) is 13.3. The van der Waals surface area contributed by atoms with Gasteiger partial charge in [-0.25, -0.2) is 12.7 Å². The van der Waals surface area contributed by atoms with Crippen molar-refractivity contribution in [3.05, 3.63) is 58.5 Å². The number of aromatic nitrogens is 1. The molecule has 0 amide bonds. The third-order valence-electron chi connectivity index (χ3n) is 5.01. The predicted octanol–water partition coefficient (Wildman–Crippen LogP) is 1.79. The summed E-state index contributed by atoms with van der Waals surface area (Å²) in [7, 11) is 1.31. The molecule has 0 radical (unpaired) electrons. The van der Waals surface area contributed by atoms with E-state index in [2.05, 4.69) is 23.1 Å². The highest BCUT2D eigenvalue weighted by Crippen LogP contribution is 2.25. The fourth-order valence-corrected chi connectivity index (χ4v) is 4.42. The Morgan fingerprint density at radius 2 is 1.68 bits per heavy atom. The van der Waals surface area contributed by atoms with Crippen molar-refractivity contribution in [2.24, 2.45) is 0 Å². The number of anilines is 1. The monoisotopic (exact) mass is 404 g/mol. The molecule has 8 heteroatoms. The number of para-hydroxylation sites is 1. The van der Waals surface area contributed by atoms with Crippen LogP contribution in [0.4, 0.5) is 5.69 Å². The highest BCUT2D eigenvalue weighted by atomic mass is 32.2. The second-order valence-corrected chi connectivity index (χ2v) is 9.59. The van der Waals surface area contributed by atoms with Gasteiger partial charge in [0, 0.05) is 51.7 Å². The lowest BCUT2D eigenvalue weighted by molar-refractivity contribution is 0.255. The van der Waals surface area contributed by atoms with Gasteiger partial charge in [-0.1, -0.05) is 18.2 Å². The highest BCUT2D eigenvalue weighted by Gasteiger charge is 2.19. The van der Waals surface area contributed by atoms with Crippen LogP contribution in [0.25, 0.3) is 0 Å². The van der Waals surface area contributed by atoms with Crippen LogP contribution in [0.2, 0.25) is 0 Å². The SMILES string of the molecule is CN(Cc1ccccc1N1CCCC1)Cn1cc(S(=O)(=O)N(C)C)ccc1=O. The molecule has 152 valence electrons. The summed E-state index contributed by atoms with van der Waals surface area (Å²) in [5, 5.41) is 0. The van der Waals surface area contributed by atoms with Gasteiger partial charge < -0.3 is 9.47 Å². The van der Waals surface area contributed by atoms with Crippen LogP contribution in [0, 0.1) is 0 Å². The van der Waals surface area contributed by atoms with Gasteiger partial charge in [0.2, 0.25) is 10.0 Å². The molecule has 1 aromatic carbocycles. The minimum atomic E-state index is -3.58. The van der Waals surface area contributed by atoms with E-state index in [9.17, 15) is 13.2 Å². The normalized spacial score (nSPS) is 15.0. The van der Waals surface area contributed by atoms with Crippen molar-refractivity contribution in [1.29, 1.82) is 0 Å². The molecule has 0 N–H and O–H groups in total. The van der Waals surface area contributed by atoms with Gasteiger partial charge in [0.15, 0.2) is 0 Å². The van der Waals surface area contributed by atoms with Gasteiger partial charge in [0.1, 0.15) is 0 Å². The maximum atomic E-state index is 12.4. The Morgan fingerprint density at radius 1 is 1.00 bits per heavy atom. The Kier molecular flexibility index (Phi) is 6.22. The number of hydrogen-bond donors (Lipinski definition) is 0. The molecule has 0 spiro atoms. The molecule has 0 bridgehead atoms. The maximum Gasteiger partial charge on any atom is 0.251 e. The van der Waals surface area contributed by atoms with Gasteiger partial charge in [0.05, 0.1) is 11.6 Å². The van der Waals surface area contributed by atoms with Crippen molar-refractivity contribution < 1.29 is 8.42 Å². The molecular weight excluding hydrogens is 376 g/mol. The van der Waals surface area contributed by atoms with Gasteiger partial charge in [-0.05, 0) is 37.6 Å². The van der Waals surface area contributed by atoms with Crippen LogP contribution in [0.1, 0.15) is 18.4 Å². The molecule has 1 fully saturated rings. The molecule has 1 aromatic heterocycles. The Hall–Kier alpha value is -2.16. The third kappa shape index (κ3) is 4.45. The van der Waals surface area contributed by atoms with Crippen molar-refractivity contribution in [1.82, 2.24) is 13.8 Å². The average molecular weight is 405 g/mol. The molecule has 0 saturated carbocycles. The summed E-state index contributed by atoms with van der Waals surface area (Å²) >= 11 is 0. The number of nitrogens with zero attached hydrogens (tertiary/aromatic N) is 4. The first-order valence-corrected chi connectivity index (χ1v) is 10.9. The van der Waals surface area contributed by atoms with Crippen molar-refractivity contribution >= 4 is 15.7 Å². The molecule has 2 aromatic rings. The summed E-state index contributed by atoms with van der Waals surface area (Å²) in [5.74, 6) is 0. The Labute approximate surface area is 166 Å². The number of benzene rings is 1. The summed E-state index contributed by atoms with van der Waals surface area (Å²) in [4.78, 5) is 16.8. The number of rotatable bonds is 7. The molecule has 0 atom stereocenters. The molecule has 7 nitrogen and oxygen atoms in total. The minimum absolute atomic E-state index is 0.114. The van der Waals surface area contributed by atoms with Crippen LogP contribution in [0.5, 0.6) is 0 Å². The van der Waals surface area contributed by atoms with Gasteiger partial charge in [0.25, 0.3) is 5.56 Å². The van der Waals surface area contributed by atoms with Crippen molar-refractivity contribution in [3.8, 4) is 0 Å². The first kappa shape index (κ1) is 20.6. The zero-order valence-corrected chi connectivity index (χ0v) is 17.5. The fraction of sp³-hybridized carbons (Fsp3) is 0.450. The lowest BCUT2D eigenvalue weighted by atomic mass is 10.1. The zero-order chi connectivity index (χ0) is 20.3. The molecule has 0 aliphatic carbocycles. The second-order valence-electron chi connectivity index (χ2n) is 7.44. The molecule has 1 saturated heterocycles. The Morgan fingerprint density at radius 3 is 2.36 bits per heavy atom.